The highest BCUT2D eigenvalue weighted by Crippen LogP contribution is 2.18. The van der Waals surface area contributed by atoms with Gasteiger partial charge in [0.25, 0.3) is 0 Å². The van der Waals surface area contributed by atoms with Crippen LogP contribution >= 0.6 is 0 Å². The lowest BCUT2D eigenvalue weighted by atomic mass is 10.1. The van der Waals surface area contributed by atoms with E-state index in [2.05, 4.69) is 5.32 Å². The average molecular weight is 443 g/mol. The molecule has 0 fully saturated rings. The summed E-state index contributed by atoms with van der Waals surface area (Å²) in [6.07, 6.45) is -0.121. The summed E-state index contributed by atoms with van der Waals surface area (Å²) in [5, 5.41) is 2.72. The number of nitrogens with one attached hydrogen (secondary N) is 1. The van der Waals surface area contributed by atoms with Gasteiger partial charge in [-0.05, 0) is 83.4 Å². The molecule has 7 heteroatoms. The summed E-state index contributed by atoms with van der Waals surface area (Å²) < 4.78 is 16.4. The normalized spacial score (nSPS) is 12.6. The molecule has 32 heavy (non-hydrogen) atoms. The van der Waals surface area contributed by atoms with Gasteiger partial charge in [0.05, 0.1) is 0 Å². The third-order valence-electron chi connectivity index (χ3n) is 4.07. The first-order chi connectivity index (χ1) is 14.8. The molecule has 0 bridgehead atoms. The molecule has 0 radical (unpaired) electrons. The first-order valence-corrected chi connectivity index (χ1v) is 10.6. The standard InChI is InChI=1S/C25H34N2O5/c1-24(2,3)31-22(28)21(26)15-17-10-12-20(13-11-17)30-16-18-8-7-9-19(14-18)27-23(29)32-25(4,5)6/h7-14,21H,15-16,26H2,1-6H3,(H,27,29)/t21-/m0/s1. The Morgan fingerprint density at radius 1 is 0.906 bits per heavy atom. The minimum absolute atomic E-state index is 0.334. The van der Waals surface area contributed by atoms with Crippen molar-refractivity contribution in [3.05, 3.63) is 59.7 Å². The molecule has 7 nitrogen and oxygen atoms in total. The maximum Gasteiger partial charge on any atom is 0.412 e. The largest absolute Gasteiger partial charge is 0.489 e. The molecule has 0 aromatic heterocycles. The number of benzene rings is 2. The lowest BCUT2D eigenvalue weighted by Crippen LogP contribution is -2.38. The number of esters is 1. The van der Waals surface area contributed by atoms with Crippen molar-refractivity contribution in [3.63, 3.8) is 0 Å². The van der Waals surface area contributed by atoms with Crippen LogP contribution in [0.4, 0.5) is 10.5 Å². The predicted octanol–water partition coefficient (Wildman–Crippen LogP) is 4.82. The van der Waals surface area contributed by atoms with E-state index in [4.69, 9.17) is 19.9 Å². The molecule has 0 aliphatic rings. The molecule has 174 valence electrons. The van der Waals surface area contributed by atoms with Gasteiger partial charge in [-0.1, -0.05) is 24.3 Å². The van der Waals surface area contributed by atoms with Crippen molar-refractivity contribution in [2.24, 2.45) is 5.73 Å². The van der Waals surface area contributed by atoms with Crippen LogP contribution in [0.3, 0.4) is 0 Å². The summed E-state index contributed by atoms with van der Waals surface area (Å²) in [6.45, 7) is 11.2. The summed E-state index contributed by atoms with van der Waals surface area (Å²) in [4.78, 5) is 24.0. The maximum absolute atomic E-state index is 12.0. The van der Waals surface area contributed by atoms with Crippen LogP contribution in [-0.2, 0) is 27.3 Å². The van der Waals surface area contributed by atoms with E-state index < -0.39 is 29.3 Å². The second-order valence-corrected chi connectivity index (χ2v) is 9.60. The molecule has 0 heterocycles. The van der Waals surface area contributed by atoms with Gasteiger partial charge >= 0.3 is 12.1 Å². The first-order valence-electron chi connectivity index (χ1n) is 10.6. The molecule has 2 aromatic rings. The Balaban J connectivity index is 1.88. The highest BCUT2D eigenvalue weighted by molar-refractivity contribution is 5.84. The highest BCUT2D eigenvalue weighted by atomic mass is 16.6. The molecule has 1 amide bonds. The molecule has 2 rings (SSSR count). The fourth-order valence-electron chi connectivity index (χ4n) is 2.76. The molecule has 2 aromatic carbocycles. The van der Waals surface area contributed by atoms with Crippen LogP contribution in [0.1, 0.15) is 52.7 Å². The number of carbonyl (C=O) groups excluding carboxylic acids is 2. The van der Waals surface area contributed by atoms with Crippen molar-refractivity contribution in [3.8, 4) is 5.75 Å². The van der Waals surface area contributed by atoms with Crippen LogP contribution in [0.5, 0.6) is 5.75 Å². The third kappa shape index (κ3) is 9.39. The smallest absolute Gasteiger partial charge is 0.412 e. The molecule has 0 aliphatic heterocycles. The Morgan fingerprint density at radius 3 is 2.12 bits per heavy atom. The van der Waals surface area contributed by atoms with E-state index >= 15 is 0 Å². The van der Waals surface area contributed by atoms with Crippen LogP contribution in [0.25, 0.3) is 0 Å². The van der Waals surface area contributed by atoms with E-state index in [1.54, 1.807) is 6.07 Å². The van der Waals surface area contributed by atoms with E-state index in [-0.39, 0.29) is 0 Å². The van der Waals surface area contributed by atoms with Gasteiger partial charge in [0.2, 0.25) is 0 Å². The molecule has 0 unspecified atom stereocenters. The van der Waals surface area contributed by atoms with Gasteiger partial charge in [0.15, 0.2) is 0 Å². The monoisotopic (exact) mass is 442 g/mol. The average Bonchev–Trinajstić information content (AvgIpc) is 2.65. The Morgan fingerprint density at radius 2 is 1.53 bits per heavy atom. The minimum atomic E-state index is -0.721. The summed E-state index contributed by atoms with van der Waals surface area (Å²) in [7, 11) is 0. The number of rotatable bonds is 7. The number of hydrogen-bond donors (Lipinski definition) is 2. The molecule has 3 N–H and O–H groups in total. The van der Waals surface area contributed by atoms with Crippen LogP contribution in [0.15, 0.2) is 48.5 Å². The lowest BCUT2D eigenvalue weighted by Gasteiger charge is -2.22. The lowest BCUT2D eigenvalue weighted by molar-refractivity contribution is -0.156. The number of anilines is 1. The van der Waals surface area contributed by atoms with Gasteiger partial charge in [0, 0.05) is 5.69 Å². The predicted molar refractivity (Wildman–Crippen MR) is 125 cm³/mol. The topological polar surface area (TPSA) is 99.9 Å². The zero-order chi connectivity index (χ0) is 23.9. The fraction of sp³-hybridized carbons (Fsp3) is 0.440. The van der Waals surface area contributed by atoms with Gasteiger partial charge < -0.3 is 19.9 Å². The number of amides is 1. The zero-order valence-corrected chi connectivity index (χ0v) is 19.7. The SMILES string of the molecule is CC(C)(C)OC(=O)Nc1cccc(COc2ccc(C[C@H](N)C(=O)OC(C)(C)C)cc2)c1. The van der Waals surface area contributed by atoms with Gasteiger partial charge in [-0.25, -0.2) is 4.79 Å². The highest BCUT2D eigenvalue weighted by Gasteiger charge is 2.22. The summed E-state index contributed by atoms with van der Waals surface area (Å²) in [5.41, 5.74) is 7.29. The molecule has 0 spiro atoms. The molecular weight excluding hydrogens is 408 g/mol. The molecular formula is C25H34N2O5. The zero-order valence-electron chi connectivity index (χ0n) is 19.7. The van der Waals surface area contributed by atoms with Crippen molar-refractivity contribution < 1.29 is 23.8 Å². The second-order valence-electron chi connectivity index (χ2n) is 9.60. The summed E-state index contributed by atoms with van der Waals surface area (Å²) >= 11 is 0. The fourth-order valence-corrected chi connectivity index (χ4v) is 2.76. The van der Waals surface area contributed by atoms with Crippen LogP contribution in [0.2, 0.25) is 0 Å². The Kier molecular flexibility index (Phi) is 8.27. The van der Waals surface area contributed by atoms with Crippen LogP contribution in [-0.4, -0.2) is 29.3 Å². The van der Waals surface area contributed by atoms with E-state index in [1.807, 2.05) is 84.0 Å². The summed E-state index contributed by atoms with van der Waals surface area (Å²) in [6, 6.07) is 14.1. The van der Waals surface area contributed by atoms with E-state index in [1.165, 1.54) is 0 Å². The number of hydrogen-bond acceptors (Lipinski definition) is 6. The molecule has 0 aliphatic carbocycles. The molecule has 1 atom stereocenters. The Bertz CT molecular complexity index is 911. The minimum Gasteiger partial charge on any atom is -0.489 e. The number of nitrogens with two attached hydrogens (primary N) is 1. The Hall–Kier alpha value is -3.06. The van der Waals surface area contributed by atoms with Gasteiger partial charge in [-0.3, -0.25) is 10.1 Å². The Labute approximate surface area is 190 Å². The summed E-state index contributed by atoms with van der Waals surface area (Å²) in [5.74, 6) is 0.266. The van der Waals surface area contributed by atoms with Crippen molar-refractivity contribution in [1.29, 1.82) is 0 Å². The molecule has 0 saturated carbocycles. The molecule has 0 saturated heterocycles. The van der Waals surface area contributed by atoms with Gasteiger partial charge in [-0.2, -0.15) is 0 Å². The van der Waals surface area contributed by atoms with Crippen molar-refractivity contribution in [1.82, 2.24) is 0 Å². The third-order valence-corrected chi connectivity index (χ3v) is 4.07. The van der Waals surface area contributed by atoms with E-state index in [9.17, 15) is 9.59 Å². The van der Waals surface area contributed by atoms with E-state index in [0.29, 0.717) is 24.5 Å². The first kappa shape index (κ1) is 25.2. The van der Waals surface area contributed by atoms with Gasteiger partial charge in [-0.15, -0.1) is 0 Å². The number of carbonyl (C=O) groups is 2. The quantitative estimate of drug-likeness (QED) is 0.596. The van der Waals surface area contributed by atoms with Gasteiger partial charge in [0.1, 0.15) is 29.6 Å². The van der Waals surface area contributed by atoms with E-state index in [0.717, 1.165) is 11.1 Å². The second kappa shape index (κ2) is 10.5. The maximum atomic E-state index is 12.0. The van der Waals surface area contributed by atoms with Crippen molar-refractivity contribution in [2.75, 3.05) is 5.32 Å². The van der Waals surface area contributed by atoms with Crippen LogP contribution in [0, 0.1) is 0 Å². The van der Waals surface area contributed by atoms with Crippen molar-refractivity contribution >= 4 is 17.7 Å². The van der Waals surface area contributed by atoms with Crippen LogP contribution < -0.4 is 15.8 Å². The van der Waals surface area contributed by atoms with Crippen molar-refractivity contribution in [2.45, 2.75) is 71.8 Å². The number of ether oxygens (including phenoxy) is 3.